The molecular formula is C28H28N2O4S. The minimum atomic E-state index is -0.173. The molecule has 3 heterocycles. The average Bonchev–Trinajstić information content (AvgIpc) is 3.26. The lowest BCUT2D eigenvalue weighted by Crippen LogP contribution is -2.32. The molecule has 6 nitrogen and oxygen atoms in total. The van der Waals surface area contributed by atoms with Crippen molar-refractivity contribution >= 4 is 40.1 Å². The van der Waals surface area contributed by atoms with E-state index in [0.29, 0.717) is 11.5 Å². The van der Waals surface area contributed by atoms with Crippen LogP contribution >= 0.6 is 11.3 Å². The Bertz CT molecular complexity index is 1430. The van der Waals surface area contributed by atoms with E-state index in [-0.39, 0.29) is 11.3 Å². The highest BCUT2D eigenvalue weighted by Crippen LogP contribution is 2.54. The molecule has 2 aliphatic rings. The van der Waals surface area contributed by atoms with Gasteiger partial charge in [-0.2, -0.15) is 0 Å². The van der Waals surface area contributed by atoms with Crippen molar-refractivity contribution in [1.29, 1.82) is 0 Å². The van der Waals surface area contributed by atoms with Crippen molar-refractivity contribution in [2.45, 2.75) is 33.2 Å². The molecule has 180 valence electrons. The van der Waals surface area contributed by atoms with Crippen molar-refractivity contribution in [2.75, 3.05) is 19.5 Å². The maximum atomic E-state index is 10.5. The zero-order chi connectivity index (χ0) is 24.9. The number of rotatable bonds is 4. The maximum absolute atomic E-state index is 10.5. The highest BCUT2D eigenvalue weighted by molar-refractivity contribution is 7.11. The number of aromatic hydroxyl groups is 1. The fraction of sp³-hybridized carbons (Fsp3) is 0.250. The van der Waals surface area contributed by atoms with Gasteiger partial charge < -0.3 is 24.7 Å². The summed E-state index contributed by atoms with van der Waals surface area (Å²) in [5.41, 5.74) is 7.50. The van der Waals surface area contributed by atoms with Crippen LogP contribution in [-0.4, -0.2) is 30.6 Å². The van der Waals surface area contributed by atoms with Gasteiger partial charge in [0.15, 0.2) is 11.5 Å². The highest BCUT2D eigenvalue weighted by Gasteiger charge is 2.33. The van der Waals surface area contributed by atoms with Gasteiger partial charge in [-0.05, 0) is 69.0 Å². The molecule has 0 spiro atoms. The fourth-order valence-corrected chi connectivity index (χ4v) is 5.85. The summed E-state index contributed by atoms with van der Waals surface area (Å²) in [7, 11) is 3.11. The molecule has 7 heteroatoms. The van der Waals surface area contributed by atoms with E-state index in [1.165, 1.54) is 0 Å². The molecule has 0 atom stereocenters. The number of anilines is 1. The van der Waals surface area contributed by atoms with Crippen LogP contribution in [-0.2, 0) is 4.84 Å². The molecule has 0 aliphatic carbocycles. The van der Waals surface area contributed by atoms with E-state index in [1.54, 1.807) is 37.7 Å². The van der Waals surface area contributed by atoms with E-state index in [0.717, 1.165) is 55.4 Å². The van der Waals surface area contributed by atoms with Gasteiger partial charge in [-0.1, -0.05) is 17.3 Å². The van der Waals surface area contributed by atoms with Gasteiger partial charge in [-0.25, -0.2) is 0 Å². The molecule has 2 aromatic carbocycles. The van der Waals surface area contributed by atoms with Crippen LogP contribution in [0.25, 0.3) is 28.5 Å². The van der Waals surface area contributed by atoms with Crippen LogP contribution in [0, 0.1) is 0 Å². The van der Waals surface area contributed by atoms with Crippen molar-refractivity contribution in [2.24, 2.45) is 5.16 Å². The number of ether oxygens (including phenoxy) is 2. The number of methoxy groups -OCH3 is 1. The minimum absolute atomic E-state index is 0.0735. The first-order valence-electron chi connectivity index (χ1n) is 11.3. The third-order valence-electron chi connectivity index (χ3n) is 6.25. The second-order valence-corrected chi connectivity index (χ2v) is 10.2. The third-order valence-corrected chi connectivity index (χ3v) is 7.11. The van der Waals surface area contributed by atoms with Crippen LogP contribution in [0.2, 0.25) is 0 Å². The third kappa shape index (κ3) is 3.86. The van der Waals surface area contributed by atoms with E-state index in [9.17, 15) is 5.11 Å². The Hall–Kier alpha value is -3.71. The number of phenolic OH excluding ortho intramolecular Hbond substituents is 1. The minimum Gasteiger partial charge on any atom is -0.504 e. The average molecular weight is 489 g/mol. The molecule has 35 heavy (non-hydrogen) atoms. The summed E-state index contributed by atoms with van der Waals surface area (Å²) >= 11 is 1.61. The van der Waals surface area contributed by atoms with E-state index in [2.05, 4.69) is 55.5 Å². The van der Waals surface area contributed by atoms with Gasteiger partial charge in [0, 0.05) is 32.8 Å². The van der Waals surface area contributed by atoms with Crippen LogP contribution < -0.4 is 14.8 Å². The summed E-state index contributed by atoms with van der Waals surface area (Å²) in [6.07, 6.45) is 4.29. The Morgan fingerprint density at radius 3 is 2.66 bits per heavy atom. The topological polar surface area (TPSA) is 72.3 Å². The number of hydrogen-bond donors (Lipinski definition) is 2. The molecule has 0 fully saturated rings. The molecule has 1 aromatic heterocycles. The summed E-state index contributed by atoms with van der Waals surface area (Å²) < 4.78 is 12.2. The standard InChI is InChI=1S/C28H28N2O4S/c1-15-14-28(3,4)29-19-8-7-18-25(24(15)19)22(13-23-17(11-12-35-23)16(2)30-33-6)34-21-10-9-20(31)27(32-5)26(18)21/h7-14,29,31H,1-6H3/b22-13-,30-16+. The summed E-state index contributed by atoms with van der Waals surface area (Å²) in [4.78, 5) is 6.02. The quantitative estimate of drug-likeness (QED) is 0.306. The lowest BCUT2D eigenvalue weighted by molar-refractivity contribution is 0.213. The van der Waals surface area contributed by atoms with Crippen LogP contribution in [0.15, 0.2) is 46.9 Å². The molecule has 0 bridgehead atoms. The van der Waals surface area contributed by atoms with E-state index < -0.39 is 0 Å². The number of thiophene rings is 1. The van der Waals surface area contributed by atoms with Gasteiger partial charge in [0.2, 0.25) is 0 Å². The molecule has 0 radical (unpaired) electrons. The number of hydrogen-bond acceptors (Lipinski definition) is 7. The van der Waals surface area contributed by atoms with Crippen LogP contribution in [0.1, 0.15) is 49.3 Å². The van der Waals surface area contributed by atoms with Crippen molar-refractivity contribution < 1.29 is 19.4 Å². The first kappa shape index (κ1) is 23.1. The zero-order valence-corrected chi connectivity index (χ0v) is 21.5. The lowest BCUT2D eigenvalue weighted by Gasteiger charge is -2.35. The molecule has 0 saturated carbocycles. The molecule has 2 N–H and O–H groups in total. The summed E-state index contributed by atoms with van der Waals surface area (Å²) in [5.74, 6) is 1.82. The predicted molar refractivity (Wildman–Crippen MR) is 143 cm³/mol. The second-order valence-electron chi connectivity index (χ2n) is 9.24. The zero-order valence-electron chi connectivity index (χ0n) is 20.6. The first-order valence-corrected chi connectivity index (χ1v) is 12.2. The largest absolute Gasteiger partial charge is 0.504 e. The monoisotopic (exact) mass is 488 g/mol. The molecule has 5 rings (SSSR count). The van der Waals surface area contributed by atoms with Gasteiger partial charge in [0.05, 0.1) is 23.9 Å². The van der Waals surface area contributed by atoms with Gasteiger partial charge in [-0.3, -0.25) is 0 Å². The maximum Gasteiger partial charge on any atom is 0.172 e. The Morgan fingerprint density at radius 1 is 1.11 bits per heavy atom. The molecular weight excluding hydrogens is 460 g/mol. The van der Waals surface area contributed by atoms with Crippen molar-refractivity contribution in [3.8, 4) is 28.4 Å². The second kappa shape index (κ2) is 8.50. The molecule has 0 amide bonds. The van der Waals surface area contributed by atoms with E-state index >= 15 is 0 Å². The number of nitrogens with one attached hydrogen (secondary N) is 1. The lowest BCUT2D eigenvalue weighted by atomic mass is 9.83. The SMILES string of the molecule is CO/N=C(\C)c1ccsc1/C=C1\Oc2ccc(O)c(OC)c2-c2ccc3c(c21)C(C)=CC(C)(C)N3. The molecule has 3 aromatic rings. The van der Waals surface area contributed by atoms with Crippen molar-refractivity contribution in [1.82, 2.24) is 0 Å². The number of oxime groups is 1. The van der Waals surface area contributed by atoms with Crippen LogP contribution in [0.3, 0.4) is 0 Å². The van der Waals surface area contributed by atoms with E-state index in [4.69, 9.17) is 14.3 Å². The van der Waals surface area contributed by atoms with Gasteiger partial charge in [-0.15, -0.1) is 11.3 Å². The van der Waals surface area contributed by atoms with E-state index in [1.807, 2.05) is 18.4 Å². The highest BCUT2D eigenvalue weighted by atomic mass is 32.1. The molecule has 0 saturated heterocycles. The van der Waals surface area contributed by atoms with Crippen molar-refractivity contribution in [3.05, 3.63) is 63.4 Å². The smallest absolute Gasteiger partial charge is 0.172 e. The molecule has 0 unspecified atom stereocenters. The number of phenols is 1. The normalized spacial score (nSPS) is 16.9. The Morgan fingerprint density at radius 2 is 1.91 bits per heavy atom. The number of benzene rings is 2. The number of nitrogens with zero attached hydrogens (tertiary/aromatic N) is 1. The van der Waals surface area contributed by atoms with Gasteiger partial charge in [0.1, 0.15) is 18.6 Å². The van der Waals surface area contributed by atoms with Gasteiger partial charge in [0.25, 0.3) is 0 Å². The summed E-state index contributed by atoms with van der Waals surface area (Å²) in [6.45, 7) is 8.35. The van der Waals surface area contributed by atoms with Gasteiger partial charge >= 0.3 is 0 Å². The Labute approximate surface area is 209 Å². The van der Waals surface area contributed by atoms with Crippen LogP contribution in [0.4, 0.5) is 5.69 Å². The predicted octanol–water partition coefficient (Wildman–Crippen LogP) is 7.00. The number of allylic oxidation sites excluding steroid dienone is 1. The first-order chi connectivity index (χ1) is 16.7. The Balaban J connectivity index is 1.81. The summed E-state index contributed by atoms with van der Waals surface area (Å²) in [5, 5.41) is 20.3. The molecule has 2 aliphatic heterocycles. The Kier molecular flexibility index (Phi) is 5.60. The summed E-state index contributed by atoms with van der Waals surface area (Å²) in [6, 6.07) is 9.57. The van der Waals surface area contributed by atoms with Crippen LogP contribution in [0.5, 0.6) is 17.2 Å². The van der Waals surface area contributed by atoms with Crippen molar-refractivity contribution in [3.63, 3.8) is 0 Å². The number of fused-ring (bicyclic) bond motifs is 5. The fourth-order valence-electron chi connectivity index (χ4n) is 4.99.